The largest absolute Gasteiger partial charge is 0.455 e. The van der Waals surface area contributed by atoms with Crippen LogP contribution in [0.3, 0.4) is 0 Å². The predicted octanol–water partition coefficient (Wildman–Crippen LogP) is 3.10. The fourth-order valence-corrected chi connectivity index (χ4v) is 1.54. The molecule has 0 spiro atoms. The molecular weight excluding hydrogens is 303 g/mol. The van der Waals surface area contributed by atoms with Gasteiger partial charge >= 0.3 is 6.18 Å². The van der Waals surface area contributed by atoms with Gasteiger partial charge in [-0.3, -0.25) is 0 Å². The standard InChI is InChI=1S/C9H5BrF3N3O/c10-5-3-1-2-4(6(5)14)7-15-8(16-17-7)9(11,12)13/h1-3H,14H2. The first-order valence-corrected chi connectivity index (χ1v) is 5.14. The number of aromatic nitrogens is 2. The number of rotatable bonds is 1. The van der Waals surface area contributed by atoms with Crippen molar-refractivity contribution in [3.63, 3.8) is 0 Å². The number of nitrogens with two attached hydrogens (primary N) is 1. The Morgan fingerprint density at radius 2 is 2.00 bits per heavy atom. The average molecular weight is 308 g/mol. The van der Waals surface area contributed by atoms with Crippen molar-refractivity contribution in [2.75, 3.05) is 5.73 Å². The summed E-state index contributed by atoms with van der Waals surface area (Å²) < 4.78 is 41.9. The summed E-state index contributed by atoms with van der Waals surface area (Å²) in [6.07, 6.45) is -4.64. The summed E-state index contributed by atoms with van der Waals surface area (Å²) in [5, 5.41) is 2.85. The Labute approximate surface area is 102 Å². The second-order valence-corrected chi connectivity index (χ2v) is 3.98. The lowest BCUT2D eigenvalue weighted by molar-refractivity contribution is -0.146. The molecule has 4 nitrogen and oxygen atoms in total. The molecule has 2 aromatic rings. The molecule has 0 bridgehead atoms. The van der Waals surface area contributed by atoms with Gasteiger partial charge in [-0.25, -0.2) is 0 Å². The number of alkyl halides is 3. The van der Waals surface area contributed by atoms with Crippen LogP contribution in [0.5, 0.6) is 0 Å². The van der Waals surface area contributed by atoms with Crippen molar-refractivity contribution >= 4 is 21.6 Å². The van der Waals surface area contributed by atoms with Gasteiger partial charge < -0.3 is 10.3 Å². The maximum Gasteiger partial charge on any atom is 0.455 e. The van der Waals surface area contributed by atoms with Crippen LogP contribution in [-0.2, 0) is 6.18 Å². The molecule has 0 amide bonds. The van der Waals surface area contributed by atoms with Crippen LogP contribution in [0.1, 0.15) is 5.82 Å². The van der Waals surface area contributed by atoms with Crippen LogP contribution < -0.4 is 5.73 Å². The Morgan fingerprint density at radius 1 is 1.29 bits per heavy atom. The van der Waals surface area contributed by atoms with E-state index < -0.39 is 12.0 Å². The van der Waals surface area contributed by atoms with E-state index in [1.165, 1.54) is 6.07 Å². The van der Waals surface area contributed by atoms with E-state index in [1.807, 2.05) is 0 Å². The summed E-state index contributed by atoms with van der Waals surface area (Å²) in [6.45, 7) is 0. The van der Waals surface area contributed by atoms with Gasteiger partial charge in [0.2, 0.25) is 0 Å². The Kier molecular flexibility index (Phi) is 2.82. The number of nitrogens with zero attached hydrogens (tertiary/aromatic N) is 2. The number of nitrogen functional groups attached to an aromatic ring is 1. The van der Waals surface area contributed by atoms with Crippen LogP contribution >= 0.6 is 15.9 Å². The van der Waals surface area contributed by atoms with Crippen LogP contribution in [-0.4, -0.2) is 10.1 Å². The summed E-state index contributed by atoms with van der Waals surface area (Å²) in [4.78, 5) is 3.25. The fourth-order valence-electron chi connectivity index (χ4n) is 1.17. The van der Waals surface area contributed by atoms with E-state index in [-0.39, 0.29) is 17.1 Å². The zero-order chi connectivity index (χ0) is 12.6. The molecule has 0 aliphatic heterocycles. The molecular formula is C9H5BrF3N3O. The van der Waals surface area contributed by atoms with E-state index in [0.29, 0.717) is 4.47 Å². The SMILES string of the molecule is Nc1c(Br)cccc1-c1nc(C(F)(F)F)no1. The van der Waals surface area contributed by atoms with E-state index in [1.54, 1.807) is 12.1 Å². The van der Waals surface area contributed by atoms with Gasteiger partial charge in [-0.1, -0.05) is 11.2 Å². The third kappa shape index (κ3) is 2.26. The van der Waals surface area contributed by atoms with Gasteiger partial charge in [0.05, 0.1) is 11.3 Å². The molecule has 0 saturated heterocycles. The van der Waals surface area contributed by atoms with Crippen molar-refractivity contribution in [3.05, 3.63) is 28.5 Å². The normalized spacial score (nSPS) is 11.8. The molecule has 0 atom stereocenters. The topological polar surface area (TPSA) is 64.9 Å². The Balaban J connectivity index is 2.48. The smallest absolute Gasteiger partial charge is 0.397 e. The van der Waals surface area contributed by atoms with Gasteiger partial charge in [-0.15, -0.1) is 0 Å². The molecule has 2 N–H and O–H groups in total. The highest BCUT2D eigenvalue weighted by Gasteiger charge is 2.37. The van der Waals surface area contributed by atoms with Crippen LogP contribution in [0.4, 0.5) is 18.9 Å². The maximum atomic E-state index is 12.3. The van der Waals surface area contributed by atoms with E-state index in [0.717, 1.165) is 0 Å². The summed E-state index contributed by atoms with van der Waals surface area (Å²) in [5.41, 5.74) is 6.17. The summed E-state index contributed by atoms with van der Waals surface area (Å²) in [7, 11) is 0. The van der Waals surface area contributed by atoms with Crippen LogP contribution in [0, 0.1) is 0 Å². The predicted molar refractivity (Wildman–Crippen MR) is 56.8 cm³/mol. The maximum absolute atomic E-state index is 12.3. The second-order valence-electron chi connectivity index (χ2n) is 3.12. The molecule has 8 heteroatoms. The molecule has 0 unspecified atom stereocenters. The molecule has 1 heterocycles. The first-order chi connectivity index (χ1) is 7.89. The minimum Gasteiger partial charge on any atom is -0.397 e. The van der Waals surface area contributed by atoms with Crippen molar-refractivity contribution in [1.82, 2.24) is 10.1 Å². The number of hydrogen-bond acceptors (Lipinski definition) is 4. The summed E-state index contributed by atoms with van der Waals surface area (Å²) in [5.74, 6) is -1.59. The van der Waals surface area contributed by atoms with Crippen LogP contribution in [0.25, 0.3) is 11.5 Å². The molecule has 1 aromatic carbocycles. The Morgan fingerprint density at radius 3 is 2.59 bits per heavy atom. The summed E-state index contributed by atoms with van der Waals surface area (Å²) in [6, 6.07) is 4.75. The van der Waals surface area contributed by atoms with Crippen molar-refractivity contribution in [3.8, 4) is 11.5 Å². The van der Waals surface area contributed by atoms with Crippen molar-refractivity contribution < 1.29 is 17.7 Å². The van der Waals surface area contributed by atoms with E-state index >= 15 is 0 Å². The van der Waals surface area contributed by atoms with Crippen molar-refractivity contribution in [2.24, 2.45) is 0 Å². The van der Waals surface area contributed by atoms with Gasteiger partial charge in [-0.05, 0) is 28.1 Å². The zero-order valence-corrected chi connectivity index (χ0v) is 9.71. The van der Waals surface area contributed by atoms with Crippen molar-refractivity contribution in [2.45, 2.75) is 6.18 Å². The number of hydrogen-bond donors (Lipinski definition) is 1. The Hall–Kier alpha value is -1.57. The van der Waals surface area contributed by atoms with Crippen molar-refractivity contribution in [1.29, 1.82) is 0 Å². The lowest BCUT2D eigenvalue weighted by Gasteiger charge is -2.02. The number of para-hydroxylation sites is 1. The molecule has 0 fully saturated rings. The molecule has 1 aromatic heterocycles. The summed E-state index contributed by atoms with van der Waals surface area (Å²) >= 11 is 3.15. The Bertz CT molecular complexity index is 553. The lowest BCUT2D eigenvalue weighted by atomic mass is 10.2. The number of anilines is 1. The molecule has 17 heavy (non-hydrogen) atoms. The lowest BCUT2D eigenvalue weighted by Crippen LogP contribution is -2.07. The average Bonchev–Trinajstić information content (AvgIpc) is 2.70. The highest BCUT2D eigenvalue weighted by Crippen LogP contribution is 2.33. The third-order valence-electron chi connectivity index (χ3n) is 1.96. The van der Waals surface area contributed by atoms with Crippen LogP contribution in [0.2, 0.25) is 0 Å². The van der Waals surface area contributed by atoms with E-state index in [9.17, 15) is 13.2 Å². The minimum absolute atomic E-state index is 0.241. The number of benzene rings is 1. The fraction of sp³-hybridized carbons (Fsp3) is 0.111. The highest BCUT2D eigenvalue weighted by molar-refractivity contribution is 9.10. The molecule has 0 aliphatic carbocycles. The molecule has 0 radical (unpaired) electrons. The molecule has 2 rings (SSSR count). The monoisotopic (exact) mass is 307 g/mol. The minimum atomic E-state index is -4.64. The zero-order valence-electron chi connectivity index (χ0n) is 8.12. The first-order valence-electron chi connectivity index (χ1n) is 4.35. The van der Waals surface area contributed by atoms with Gasteiger partial charge in [0.25, 0.3) is 11.7 Å². The van der Waals surface area contributed by atoms with Gasteiger partial charge in [-0.2, -0.15) is 18.2 Å². The quantitative estimate of drug-likeness (QED) is 0.822. The first kappa shape index (κ1) is 11.9. The third-order valence-corrected chi connectivity index (χ3v) is 2.65. The van der Waals surface area contributed by atoms with Gasteiger partial charge in [0.1, 0.15) is 0 Å². The van der Waals surface area contributed by atoms with E-state index in [4.69, 9.17) is 5.73 Å². The molecule has 90 valence electrons. The molecule has 0 aliphatic rings. The van der Waals surface area contributed by atoms with Gasteiger partial charge in [0, 0.05) is 4.47 Å². The van der Waals surface area contributed by atoms with Gasteiger partial charge in [0.15, 0.2) is 0 Å². The number of halogens is 4. The second kappa shape index (κ2) is 4.02. The van der Waals surface area contributed by atoms with E-state index in [2.05, 4.69) is 30.6 Å². The van der Waals surface area contributed by atoms with Crippen LogP contribution in [0.15, 0.2) is 27.2 Å². The molecule has 0 saturated carbocycles. The highest BCUT2D eigenvalue weighted by atomic mass is 79.9.